The molecule has 66 valence electrons. The largest absolute Gasteiger partial charge is 0.361 e. The number of rotatable bonds is 1. The first-order valence-corrected chi connectivity index (χ1v) is 4.50. The summed E-state index contributed by atoms with van der Waals surface area (Å²) in [5.41, 5.74) is 7.77. The highest BCUT2D eigenvalue weighted by atomic mass is 16.5. The van der Waals surface area contributed by atoms with Gasteiger partial charge in [0.2, 0.25) is 0 Å². The second-order valence-corrected chi connectivity index (χ2v) is 3.47. The molecular weight excluding hydrogens is 152 g/mol. The first kappa shape index (κ1) is 7.80. The summed E-state index contributed by atoms with van der Waals surface area (Å²) in [7, 11) is 0. The van der Waals surface area contributed by atoms with Crippen molar-refractivity contribution < 1.29 is 4.52 Å². The minimum atomic E-state index is 0.506. The standard InChI is InChI=1S/C9H14N2O/c1-6-3-2-4-7-8(5-10)11-12-9(6)7/h6H,2-5,10H2,1H3. The molecule has 0 bridgehead atoms. The molecular formula is C9H14N2O. The lowest BCUT2D eigenvalue weighted by Crippen LogP contribution is -2.07. The summed E-state index contributed by atoms with van der Waals surface area (Å²) in [5, 5.41) is 3.97. The van der Waals surface area contributed by atoms with Gasteiger partial charge in [-0.2, -0.15) is 0 Å². The van der Waals surface area contributed by atoms with Crippen molar-refractivity contribution in [2.24, 2.45) is 5.73 Å². The molecule has 0 amide bonds. The van der Waals surface area contributed by atoms with Gasteiger partial charge in [-0.1, -0.05) is 12.1 Å². The maximum absolute atomic E-state index is 5.54. The van der Waals surface area contributed by atoms with Crippen molar-refractivity contribution in [3.8, 4) is 0 Å². The number of aromatic nitrogens is 1. The summed E-state index contributed by atoms with van der Waals surface area (Å²) < 4.78 is 5.26. The Labute approximate surface area is 71.9 Å². The van der Waals surface area contributed by atoms with E-state index < -0.39 is 0 Å². The van der Waals surface area contributed by atoms with Crippen molar-refractivity contribution in [2.75, 3.05) is 0 Å². The minimum Gasteiger partial charge on any atom is -0.361 e. The smallest absolute Gasteiger partial charge is 0.143 e. The van der Waals surface area contributed by atoms with E-state index in [0.29, 0.717) is 12.5 Å². The van der Waals surface area contributed by atoms with Crippen LogP contribution in [0.3, 0.4) is 0 Å². The van der Waals surface area contributed by atoms with Crippen LogP contribution >= 0.6 is 0 Å². The van der Waals surface area contributed by atoms with Gasteiger partial charge in [0.05, 0.1) is 0 Å². The van der Waals surface area contributed by atoms with Crippen LogP contribution in [0, 0.1) is 0 Å². The van der Waals surface area contributed by atoms with Crippen LogP contribution in [0.2, 0.25) is 0 Å². The van der Waals surface area contributed by atoms with Gasteiger partial charge >= 0.3 is 0 Å². The van der Waals surface area contributed by atoms with Crippen molar-refractivity contribution in [3.63, 3.8) is 0 Å². The molecule has 12 heavy (non-hydrogen) atoms. The van der Waals surface area contributed by atoms with E-state index in [-0.39, 0.29) is 0 Å². The van der Waals surface area contributed by atoms with Crippen LogP contribution in [0.5, 0.6) is 0 Å². The normalized spacial score (nSPS) is 22.3. The lowest BCUT2D eigenvalue weighted by Gasteiger charge is -2.15. The fourth-order valence-corrected chi connectivity index (χ4v) is 1.89. The Morgan fingerprint density at radius 2 is 2.50 bits per heavy atom. The molecule has 2 rings (SSSR count). The minimum absolute atomic E-state index is 0.506. The van der Waals surface area contributed by atoms with E-state index in [1.807, 2.05) is 0 Å². The van der Waals surface area contributed by atoms with Crippen molar-refractivity contribution in [1.29, 1.82) is 0 Å². The Balaban J connectivity index is 2.41. The number of fused-ring (bicyclic) bond motifs is 1. The summed E-state index contributed by atoms with van der Waals surface area (Å²) in [5.74, 6) is 1.60. The van der Waals surface area contributed by atoms with Gasteiger partial charge in [-0.3, -0.25) is 0 Å². The second kappa shape index (κ2) is 2.90. The van der Waals surface area contributed by atoms with E-state index in [9.17, 15) is 0 Å². The summed E-state index contributed by atoms with van der Waals surface area (Å²) >= 11 is 0. The molecule has 0 fully saturated rings. The van der Waals surface area contributed by atoms with Gasteiger partial charge in [0.1, 0.15) is 11.5 Å². The summed E-state index contributed by atoms with van der Waals surface area (Å²) in [6, 6.07) is 0. The third kappa shape index (κ3) is 1.05. The highest BCUT2D eigenvalue weighted by Crippen LogP contribution is 2.32. The van der Waals surface area contributed by atoms with E-state index in [4.69, 9.17) is 10.3 Å². The van der Waals surface area contributed by atoms with Gasteiger partial charge in [-0.05, 0) is 19.3 Å². The van der Waals surface area contributed by atoms with Gasteiger partial charge in [0.15, 0.2) is 0 Å². The fourth-order valence-electron chi connectivity index (χ4n) is 1.89. The summed E-state index contributed by atoms with van der Waals surface area (Å²) in [4.78, 5) is 0. The predicted octanol–water partition coefficient (Wildman–Crippen LogP) is 1.57. The van der Waals surface area contributed by atoms with Gasteiger partial charge in [0, 0.05) is 18.0 Å². The molecule has 0 saturated heterocycles. The molecule has 0 radical (unpaired) electrons. The van der Waals surface area contributed by atoms with Crippen LogP contribution < -0.4 is 5.73 Å². The number of hydrogen-bond acceptors (Lipinski definition) is 3. The molecule has 1 atom stereocenters. The van der Waals surface area contributed by atoms with Crippen molar-refractivity contribution in [3.05, 3.63) is 17.0 Å². The van der Waals surface area contributed by atoms with Crippen LogP contribution in [0.1, 0.15) is 42.7 Å². The Hall–Kier alpha value is -0.830. The Bertz CT molecular complexity index is 280. The highest BCUT2D eigenvalue weighted by Gasteiger charge is 2.23. The molecule has 1 aromatic rings. The van der Waals surface area contributed by atoms with Crippen molar-refractivity contribution in [1.82, 2.24) is 5.16 Å². The van der Waals surface area contributed by atoms with E-state index in [0.717, 1.165) is 17.9 Å². The third-order valence-corrected chi connectivity index (χ3v) is 2.60. The molecule has 1 aromatic heterocycles. The molecule has 0 saturated carbocycles. The Morgan fingerprint density at radius 3 is 3.25 bits per heavy atom. The average molecular weight is 166 g/mol. The van der Waals surface area contributed by atoms with Crippen LogP contribution in [0.4, 0.5) is 0 Å². The molecule has 2 N–H and O–H groups in total. The number of nitrogens with two attached hydrogens (primary N) is 1. The fraction of sp³-hybridized carbons (Fsp3) is 0.667. The Kier molecular flexibility index (Phi) is 1.89. The lowest BCUT2D eigenvalue weighted by atomic mass is 9.89. The highest BCUT2D eigenvalue weighted by molar-refractivity contribution is 5.27. The molecule has 0 aromatic carbocycles. The number of hydrogen-bond donors (Lipinski definition) is 1. The van der Waals surface area contributed by atoms with Gasteiger partial charge in [-0.25, -0.2) is 0 Å². The van der Waals surface area contributed by atoms with E-state index in [1.54, 1.807) is 0 Å². The van der Waals surface area contributed by atoms with E-state index in [1.165, 1.54) is 18.4 Å². The molecule has 1 unspecified atom stereocenters. The SMILES string of the molecule is CC1CCCc2c(CN)noc21. The molecule has 3 nitrogen and oxygen atoms in total. The van der Waals surface area contributed by atoms with Gasteiger partial charge in [0.25, 0.3) is 0 Å². The monoisotopic (exact) mass is 166 g/mol. The molecule has 0 spiro atoms. The zero-order chi connectivity index (χ0) is 8.55. The zero-order valence-electron chi connectivity index (χ0n) is 7.34. The van der Waals surface area contributed by atoms with Crippen LogP contribution in [0.25, 0.3) is 0 Å². The molecule has 3 heteroatoms. The zero-order valence-corrected chi connectivity index (χ0v) is 7.34. The van der Waals surface area contributed by atoms with Crippen molar-refractivity contribution >= 4 is 0 Å². The van der Waals surface area contributed by atoms with Gasteiger partial charge in [-0.15, -0.1) is 0 Å². The third-order valence-electron chi connectivity index (χ3n) is 2.60. The molecule has 1 aliphatic carbocycles. The maximum atomic E-state index is 5.54. The van der Waals surface area contributed by atoms with Crippen LogP contribution in [-0.2, 0) is 13.0 Å². The van der Waals surface area contributed by atoms with E-state index in [2.05, 4.69) is 12.1 Å². The average Bonchev–Trinajstić information content (AvgIpc) is 2.49. The maximum Gasteiger partial charge on any atom is 0.143 e. The van der Waals surface area contributed by atoms with Crippen molar-refractivity contribution in [2.45, 2.75) is 38.6 Å². The predicted molar refractivity (Wildman–Crippen MR) is 45.7 cm³/mol. The Morgan fingerprint density at radius 1 is 1.67 bits per heavy atom. The molecule has 1 aliphatic rings. The van der Waals surface area contributed by atoms with Crippen LogP contribution in [0.15, 0.2) is 4.52 Å². The molecule has 1 heterocycles. The topological polar surface area (TPSA) is 52.0 Å². The van der Waals surface area contributed by atoms with Crippen LogP contribution in [-0.4, -0.2) is 5.16 Å². The first-order valence-electron chi connectivity index (χ1n) is 4.50. The second-order valence-electron chi connectivity index (χ2n) is 3.47. The molecule has 0 aliphatic heterocycles. The van der Waals surface area contributed by atoms with Gasteiger partial charge < -0.3 is 10.3 Å². The summed E-state index contributed by atoms with van der Waals surface area (Å²) in [6.07, 6.45) is 3.55. The quantitative estimate of drug-likeness (QED) is 0.689. The lowest BCUT2D eigenvalue weighted by molar-refractivity contribution is 0.345. The summed E-state index contributed by atoms with van der Waals surface area (Å²) in [6.45, 7) is 2.69. The number of nitrogens with zero attached hydrogens (tertiary/aromatic N) is 1. The first-order chi connectivity index (χ1) is 5.83. The van der Waals surface area contributed by atoms with E-state index >= 15 is 0 Å².